The van der Waals surface area contributed by atoms with E-state index in [2.05, 4.69) is 4.98 Å². The van der Waals surface area contributed by atoms with E-state index < -0.39 is 0 Å². The molecule has 0 aliphatic rings. The SMILES string of the molecule is CCOC(=O)Cc1nc2scc(-c3ccccc3)n2c1C=O. The van der Waals surface area contributed by atoms with Crippen LogP contribution in [0.3, 0.4) is 0 Å². The Morgan fingerprint density at radius 2 is 2.14 bits per heavy atom. The number of carbonyl (C=O) groups excluding carboxylic acids is 2. The van der Waals surface area contributed by atoms with E-state index in [9.17, 15) is 9.59 Å². The molecule has 0 saturated heterocycles. The molecule has 0 aliphatic heterocycles. The monoisotopic (exact) mass is 314 g/mol. The number of benzene rings is 1. The van der Waals surface area contributed by atoms with Gasteiger partial charge in [0, 0.05) is 5.38 Å². The minimum Gasteiger partial charge on any atom is -0.466 e. The predicted octanol–water partition coefficient (Wildman–Crippen LogP) is 2.98. The molecule has 0 atom stereocenters. The molecule has 2 aromatic heterocycles. The molecule has 0 N–H and O–H groups in total. The quantitative estimate of drug-likeness (QED) is 0.536. The number of hydrogen-bond donors (Lipinski definition) is 0. The Bertz CT molecular complexity index is 821. The van der Waals surface area contributed by atoms with Crippen molar-refractivity contribution in [1.29, 1.82) is 0 Å². The van der Waals surface area contributed by atoms with Gasteiger partial charge in [0.05, 0.1) is 24.4 Å². The largest absolute Gasteiger partial charge is 0.466 e. The van der Waals surface area contributed by atoms with Crippen LogP contribution in [0.5, 0.6) is 0 Å². The van der Waals surface area contributed by atoms with Gasteiger partial charge in [-0.2, -0.15) is 0 Å². The number of thiazole rings is 1. The maximum absolute atomic E-state index is 11.7. The summed E-state index contributed by atoms with van der Waals surface area (Å²) in [5.41, 5.74) is 2.75. The number of imidazole rings is 1. The van der Waals surface area contributed by atoms with Crippen molar-refractivity contribution in [2.75, 3.05) is 6.61 Å². The molecule has 3 rings (SSSR count). The maximum Gasteiger partial charge on any atom is 0.311 e. The van der Waals surface area contributed by atoms with Crippen molar-refractivity contribution in [2.24, 2.45) is 0 Å². The summed E-state index contributed by atoms with van der Waals surface area (Å²) in [6, 6.07) is 9.77. The zero-order valence-electron chi connectivity index (χ0n) is 12.0. The Balaban J connectivity index is 2.09. The Hall–Kier alpha value is -2.47. The Kier molecular flexibility index (Phi) is 4.02. The molecule has 0 unspecified atom stereocenters. The minimum absolute atomic E-state index is 0.00451. The number of aldehydes is 1. The average molecular weight is 314 g/mol. The smallest absolute Gasteiger partial charge is 0.311 e. The third-order valence-electron chi connectivity index (χ3n) is 3.27. The van der Waals surface area contributed by atoms with Crippen molar-refractivity contribution >= 4 is 28.6 Å². The maximum atomic E-state index is 11.7. The summed E-state index contributed by atoms with van der Waals surface area (Å²) in [7, 11) is 0. The third kappa shape index (κ3) is 2.53. The highest BCUT2D eigenvalue weighted by molar-refractivity contribution is 7.15. The van der Waals surface area contributed by atoms with Crippen molar-refractivity contribution in [3.05, 3.63) is 47.1 Å². The molecule has 1 aromatic carbocycles. The zero-order chi connectivity index (χ0) is 15.5. The molecule has 0 bridgehead atoms. The van der Waals surface area contributed by atoms with Gasteiger partial charge < -0.3 is 4.74 Å². The summed E-state index contributed by atoms with van der Waals surface area (Å²) < 4.78 is 6.73. The predicted molar refractivity (Wildman–Crippen MR) is 84.2 cm³/mol. The van der Waals surface area contributed by atoms with Gasteiger partial charge in [-0.15, -0.1) is 11.3 Å². The van der Waals surface area contributed by atoms with Gasteiger partial charge in [0.15, 0.2) is 11.2 Å². The van der Waals surface area contributed by atoms with Crippen molar-refractivity contribution in [1.82, 2.24) is 9.38 Å². The van der Waals surface area contributed by atoms with Crippen molar-refractivity contribution < 1.29 is 14.3 Å². The number of aromatic nitrogens is 2. The van der Waals surface area contributed by atoms with Gasteiger partial charge >= 0.3 is 5.97 Å². The van der Waals surface area contributed by atoms with Crippen LogP contribution in [0.2, 0.25) is 0 Å². The fraction of sp³-hybridized carbons (Fsp3) is 0.188. The van der Waals surface area contributed by atoms with Gasteiger partial charge in [-0.05, 0) is 12.5 Å². The Morgan fingerprint density at radius 3 is 2.82 bits per heavy atom. The summed E-state index contributed by atoms with van der Waals surface area (Å²) >= 11 is 1.44. The van der Waals surface area contributed by atoms with Gasteiger partial charge in [-0.1, -0.05) is 30.3 Å². The molecule has 0 radical (unpaired) electrons. The van der Waals surface area contributed by atoms with E-state index in [0.717, 1.165) is 17.5 Å². The molecule has 0 fully saturated rings. The first-order valence-electron chi connectivity index (χ1n) is 6.89. The van der Waals surface area contributed by atoms with E-state index in [0.29, 0.717) is 23.0 Å². The molecule has 22 heavy (non-hydrogen) atoms. The molecular formula is C16H14N2O3S. The van der Waals surface area contributed by atoms with Crippen molar-refractivity contribution in [2.45, 2.75) is 13.3 Å². The number of carbonyl (C=O) groups is 2. The fourth-order valence-electron chi connectivity index (χ4n) is 2.33. The van der Waals surface area contributed by atoms with Crippen LogP contribution in [-0.2, 0) is 16.0 Å². The van der Waals surface area contributed by atoms with Gasteiger partial charge in [0.1, 0.15) is 5.69 Å². The molecule has 6 heteroatoms. The Labute approximate surface area is 131 Å². The summed E-state index contributed by atoms with van der Waals surface area (Å²) in [5.74, 6) is -0.377. The van der Waals surface area contributed by atoms with E-state index in [1.165, 1.54) is 11.3 Å². The lowest BCUT2D eigenvalue weighted by atomic mass is 10.2. The number of fused-ring (bicyclic) bond motifs is 1. The van der Waals surface area contributed by atoms with Crippen LogP contribution in [0.15, 0.2) is 35.7 Å². The van der Waals surface area contributed by atoms with Crippen LogP contribution in [-0.4, -0.2) is 28.2 Å². The third-order valence-corrected chi connectivity index (χ3v) is 4.10. The van der Waals surface area contributed by atoms with E-state index in [4.69, 9.17) is 4.74 Å². The standard InChI is InChI=1S/C16H14N2O3S/c1-2-21-15(20)8-12-13(9-19)18-14(10-22-16(18)17-12)11-6-4-3-5-7-11/h3-7,9-10H,2,8H2,1H3. The molecule has 0 amide bonds. The molecule has 0 aliphatic carbocycles. The van der Waals surface area contributed by atoms with E-state index >= 15 is 0 Å². The average Bonchev–Trinajstić information content (AvgIpc) is 3.06. The molecule has 5 nitrogen and oxygen atoms in total. The summed E-state index contributed by atoms with van der Waals surface area (Å²) in [5, 5.41) is 1.96. The molecular weight excluding hydrogens is 300 g/mol. The van der Waals surface area contributed by atoms with Crippen LogP contribution < -0.4 is 0 Å². The summed E-state index contributed by atoms with van der Waals surface area (Å²) in [4.78, 5) is 28.3. The zero-order valence-corrected chi connectivity index (χ0v) is 12.8. The molecule has 3 aromatic rings. The number of rotatable bonds is 5. The fourth-order valence-corrected chi connectivity index (χ4v) is 3.26. The first kappa shape index (κ1) is 14.5. The number of ether oxygens (including phenoxy) is 1. The number of nitrogens with zero attached hydrogens (tertiary/aromatic N) is 2. The van der Waals surface area contributed by atoms with E-state index in [1.54, 1.807) is 11.3 Å². The Morgan fingerprint density at radius 1 is 1.36 bits per heavy atom. The highest BCUT2D eigenvalue weighted by Crippen LogP contribution is 2.28. The van der Waals surface area contributed by atoms with Crippen molar-refractivity contribution in [3.63, 3.8) is 0 Å². The normalized spacial score (nSPS) is 10.8. The molecule has 0 spiro atoms. The lowest BCUT2D eigenvalue weighted by Gasteiger charge is -2.02. The summed E-state index contributed by atoms with van der Waals surface area (Å²) in [6.07, 6.45) is 0.748. The van der Waals surface area contributed by atoms with Crippen LogP contribution in [0.25, 0.3) is 16.2 Å². The van der Waals surface area contributed by atoms with E-state index in [1.807, 2.05) is 35.7 Å². The van der Waals surface area contributed by atoms with Crippen LogP contribution in [0.4, 0.5) is 0 Å². The van der Waals surface area contributed by atoms with Crippen molar-refractivity contribution in [3.8, 4) is 11.3 Å². The van der Waals surface area contributed by atoms with Crippen LogP contribution in [0.1, 0.15) is 23.1 Å². The number of esters is 1. The second kappa shape index (κ2) is 6.11. The van der Waals surface area contributed by atoms with Gasteiger partial charge in [0.25, 0.3) is 0 Å². The van der Waals surface area contributed by atoms with E-state index in [-0.39, 0.29) is 12.4 Å². The summed E-state index contributed by atoms with van der Waals surface area (Å²) in [6.45, 7) is 2.06. The van der Waals surface area contributed by atoms with Gasteiger partial charge in [0.2, 0.25) is 0 Å². The molecule has 0 saturated carbocycles. The first-order valence-corrected chi connectivity index (χ1v) is 7.77. The van der Waals surface area contributed by atoms with Gasteiger partial charge in [-0.25, -0.2) is 4.98 Å². The second-order valence-corrected chi connectivity index (χ2v) is 5.48. The topological polar surface area (TPSA) is 60.7 Å². The molecule has 2 heterocycles. The molecule has 112 valence electrons. The lowest BCUT2D eigenvalue weighted by Crippen LogP contribution is -2.09. The van der Waals surface area contributed by atoms with Gasteiger partial charge in [-0.3, -0.25) is 14.0 Å². The lowest BCUT2D eigenvalue weighted by molar-refractivity contribution is -0.142. The first-order chi connectivity index (χ1) is 10.7. The minimum atomic E-state index is -0.377. The highest BCUT2D eigenvalue weighted by Gasteiger charge is 2.19. The van der Waals surface area contributed by atoms with Crippen LogP contribution >= 0.6 is 11.3 Å². The van der Waals surface area contributed by atoms with Crippen LogP contribution in [0, 0.1) is 0 Å². The highest BCUT2D eigenvalue weighted by atomic mass is 32.1. The second-order valence-electron chi connectivity index (χ2n) is 4.65. The number of hydrogen-bond acceptors (Lipinski definition) is 5.